The molecule has 3 rings (SSSR count). The molecule has 2 aliphatic heterocycles. The Bertz CT molecular complexity index is 1040. The van der Waals surface area contributed by atoms with Gasteiger partial charge in [-0.15, -0.1) is 0 Å². The molecule has 0 spiro atoms. The lowest BCUT2D eigenvalue weighted by molar-refractivity contribution is 0.747. The lowest BCUT2D eigenvalue weighted by Gasteiger charge is -2.00. The molecule has 0 radical (unpaired) electrons. The van der Waals surface area contributed by atoms with Gasteiger partial charge in [-0.1, -0.05) is 48.9 Å². The molecule has 23 heavy (non-hydrogen) atoms. The number of hydrogen-bond donors (Lipinski definition) is 2. The average Bonchev–Trinajstić information content (AvgIpc) is 2.87. The second-order valence-corrected chi connectivity index (χ2v) is 6.93. The summed E-state index contributed by atoms with van der Waals surface area (Å²) in [5.74, 6) is 0.362. The summed E-state index contributed by atoms with van der Waals surface area (Å²) in [6.45, 7) is 4.13. The highest BCUT2D eigenvalue weighted by atomic mass is 35.5. The fraction of sp³-hybridized carbons (Fsp3) is 0.188. The van der Waals surface area contributed by atoms with Crippen molar-refractivity contribution in [1.29, 1.82) is 5.41 Å². The van der Waals surface area contributed by atoms with E-state index in [-0.39, 0.29) is 10.7 Å². The third-order valence-corrected chi connectivity index (χ3v) is 4.34. The van der Waals surface area contributed by atoms with Gasteiger partial charge in [0.05, 0.1) is 5.22 Å². The summed E-state index contributed by atoms with van der Waals surface area (Å²) in [7, 11) is 0. The lowest BCUT2D eigenvalue weighted by Crippen LogP contribution is -2.47. The molecule has 0 unspecified atom stereocenters. The molecule has 7 heteroatoms. The van der Waals surface area contributed by atoms with Gasteiger partial charge in [0, 0.05) is 5.02 Å². The molecule has 0 amide bonds. The quantitative estimate of drug-likeness (QED) is 0.737. The van der Waals surface area contributed by atoms with Crippen LogP contribution in [0.3, 0.4) is 0 Å². The van der Waals surface area contributed by atoms with Gasteiger partial charge in [0.15, 0.2) is 5.49 Å². The molecule has 2 aliphatic rings. The van der Waals surface area contributed by atoms with E-state index >= 15 is 0 Å². The van der Waals surface area contributed by atoms with Crippen molar-refractivity contribution in [3.05, 3.63) is 60.6 Å². The second-order valence-electron chi connectivity index (χ2n) is 5.48. The topological polar surface area (TPSA) is 74.5 Å². The van der Waals surface area contributed by atoms with Gasteiger partial charge in [-0.3, -0.25) is 15.3 Å². The molecule has 2 N–H and O–H groups in total. The molecular weight excluding hydrogens is 332 g/mol. The number of benzene rings is 1. The van der Waals surface area contributed by atoms with E-state index in [1.807, 2.05) is 6.08 Å². The summed E-state index contributed by atoms with van der Waals surface area (Å²) in [6.07, 6.45) is 3.68. The van der Waals surface area contributed by atoms with Crippen LogP contribution in [-0.2, 0) is 0 Å². The maximum Gasteiger partial charge on any atom is 0.283 e. The molecule has 0 aliphatic carbocycles. The molecule has 0 aromatic heterocycles. The van der Waals surface area contributed by atoms with Crippen LogP contribution in [0.25, 0.3) is 17.3 Å². The van der Waals surface area contributed by atoms with Crippen LogP contribution in [0.5, 0.6) is 0 Å². The van der Waals surface area contributed by atoms with Crippen LogP contribution < -0.4 is 20.9 Å². The third-order valence-electron chi connectivity index (χ3n) is 3.19. The summed E-state index contributed by atoms with van der Waals surface area (Å²) in [5, 5.41) is 12.8. The number of halogens is 1. The zero-order valence-corrected chi connectivity index (χ0v) is 14.2. The van der Waals surface area contributed by atoms with Crippen LogP contribution in [-0.4, -0.2) is 14.8 Å². The van der Waals surface area contributed by atoms with Crippen LogP contribution in [0.1, 0.15) is 19.4 Å². The highest BCUT2D eigenvalue weighted by Gasteiger charge is 2.10. The Morgan fingerprint density at radius 2 is 2.04 bits per heavy atom. The number of aromatic nitrogens is 3. The monoisotopic (exact) mass is 346 g/mol. The van der Waals surface area contributed by atoms with E-state index in [4.69, 9.17) is 17.0 Å². The number of hydrogen-bond acceptors (Lipinski definition) is 4. The minimum absolute atomic E-state index is 0.0922. The minimum atomic E-state index is -0.406. The zero-order valence-electron chi connectivity index (χ0n) is 12.6. The fourth-order valence-electron chi connectivity index (χ4n) is 2.15. The summed E-state index contributed by atoms with van der Waals surface area (Å²) >= 11 is 7.22. The lowest BCUT2D eigenvalue weighted by atomic mass is 10.2. The number of fused-ring (bicyclic) bond motifs is 1. The van der Waals surface area contributed by atoms with E-state index in [1.54, 1.807) is 30.3 Å². The van der Waals surface area contributed by atoms with Gasteiger partial charge in [-0.05, 0) is 35.8 Å². The van der Waals surface area contributed by atoms with Gasteiger partial charge in [0.1, 0.15) is 4.66 Å². The normalized spacial score (nSPS) is 13.4. The first-order chi connectivity index (χ1) is 10.9. The van der Waals surface area contributed by atoms with Crippen LogP contribution in [0.4, 0.5) is 0 Å². The highest BCUT2D eigenvalue weighted by molar-refractivity contribution is 7.11. The van der Waals surface area contributed by atoms with E-state index < -0.39 is 5.56 Å². The van der Waals surface area contributed by atoms with Gasteiger partial charge < -0.3 is 0 Å². The van der Waals surface area contributed by atoms with E-state index in [2.05, 4.69) is 23.9 Å². The SMILES string of the molecule is CC(C)C=c1[nH]n2c(=N)c(=Cc3ccc(Cl)cc3)c(=O)nc-2s1. The van der Waals surface area contributed by atoms with E-state index in [0.717, 1.165) is 10.2 Å². The van der Waals surface area contributed by atoms with Crippen molar-refractivity contribution in [2.45, 2.75) is 13.8 Å². The van der Waals surface area contributed by atoms with Gasteiger partial charge in [0.25, 0.3) is 5.56 Å². The summed E-state index contributed by atoms with van der Waals surface area (Å²) in [6, 6.07) is 7.08. The largest absolute Gasteiger partial charge is 0.283 e. The standard InChI is InChI=1S/C16H15ClN4OS/c1-9(2)7-13-20-21-14(18)12(15(22)19-16(21)23-13)8-10-3-5-11(17)6-4-10/h3-9,18,20H,1-2H3. The van der Waals surface area contributed by atoms with Crippen LogP contribution >= 0.6 is 22.9 Å². The Morgan fingerprint density at radius 1 is 1.35 bits per heavy atom. The number of H-pyrrole nitrogens is 1. The highest BCUT2D eigenvalue weighted by Crippen LogP contribution is 2.09. The first-order valence-corrected chi connectivity index (χ1v) is 8.29. The Labute approximate surface area is 141 Å². The molecule has 5 nitrogen and oxygen atoms in total. The van der Waals surface area contributed by atoms with Gasteiger partial charge >= 0.3 is 0 Å². The minimum Gasteiger partial charge on any atom is -0.282 e. The maximum atomic E-state index is 12.2. The molecular formula is C16H15ClN4OS. The molecule has 0 bridgehead atoms. The fourth-order valence-corrected chi connectivity index (χ4v) is 3.30. The Balaban J connectivity index is 2.27. The molecule has 0 fully saturated rings. The summed E-state index contributed by atoms with van der Waals surface area (Å²) in [4.78, 5) is 16.3. The molecule has 0 saturated heterocycles. The molecule has 1 aromatic carbocycles. The Morgan fingerprint density at radius 3 is 2.70 bits per heavy atom. The Hall–Kier alpha value is -2.18. The number of rotatable bonds is 2. The first-order valence-electron chi connectivity index (χ1n) is 7.09. The van der Waals surface area contributed by atoms with Crippen LogP contribution in [0, 0.1) is 11.3 Å². The van der Waals surface area contributed by atoms with Crippen LogP contribution in [0.2, 0.25) is 5.02 Å². The third kappa shape index (κ3) is 3.28. The average molecular weight is 347 g/mol. The predicted octanol–water partition coefficient (Wildman–Crippen LogP) is 1.46. The molecule has 0 saturated carbocycles. The van der Waals surface area contributed by atoms with E-state index in [1.165, 1.54) is 16.0 Å². The van der Waals surface area contributed by atoms with Crippen molar-refractivity contribution in [2.75, 3.05) is 0 Å². The molecule has 1 aromatic rings. The Kier molecular flexibility index (Phi) is 4.19. The summed E-state index contributed by atoms with van der Waals surface area (Å²) < 4.78 is 2.41. The van der Waals surface area contributed by atoms with Gasteiger partial charge in [-0.25, -0.2) is 4.68 Å². The van der Waals surface area contributed by atoms with Crippen LogP contribution in [0.15, 0.2) is 29.1 Å². The zero-order chi connectivity index (χ0) is 16.6. The van der Waals surface area contributed by atoms with Gasteiger partial charge in [-0.2, -0.15) is 4.98 Å². The first kappa shape index (κ1) is 15.7. The van der Waals surface area contributed by atoms with Crippen molar-refractivity contribution in [2.24, 2.45) is 5.92 Å². The molecule has 0 atom stereocenters. The van der Waals surface area contributed by atoms with Crippen molar-refractivity contribution in [3.8, 4) is 5.13 Å². The second kappa shape index (κ2) is 6.14. The molecule has 2 heterocycles. The van der Waals surface area contributed by atoms with E-state index in [0.29, 0.717) is 16.1 Å². The number of nitrogens with one attached hydrogen (secondary N) is 2. The number of aromatic amines is 1. The number of nitrogens with zero attached hydrogens (tertiary/aromatic N) is 2. The maximum absolute atomic E-state index is 12.2. The van der Waals surface area contributed by atoms with E-state index in [9.17, 15) is 4.79 Å². The van der Waals surface area contributed by atoms with Crippen molar-refractivity contribution >= 4 is 35.1 Å². The van der Waals surface area contributed by atoms with Crippen molar-refractivity contribution in [3.63, 3.8) is 0 Å². The predicted molar refractivity (Wildman–Crippen MR) is 92.7 cm³/mol. The summed E-state index contributed by atoms with van der Waals surface area (Å²) in [5.41, 5.74) is 0.483. The smallest absolute Gasteiger partial charge is 0.282 e. The van der Waals surface area contributed by atoms with Crippen molar-refractivity contribution < 1.29 is 0 Å². The van der Waals surface area contributed by atoms with Crippen molar-refractivity contribution in [1.82, 2.24) is 14.8 Å². The molecule has 118 valence electrons. The van der Waals surface area contributed by atoms with Gasteiger partial charge in [0.2, 0.25) is 5.13 Å².